The first kappa shape index (κ1) is 27.4. The molecule has 1 aliphatic heterocycles. The first-order chi connectivity index (χ1) is 16.1. The summed E-state index contributed by atoms with van der Waals surface area (Å²) >= 11 is 11.5. The maximum atomic E-state index is 14.2. The summed E-state index contributed by atoms with van der Waals surface area (Å²) in [5.41, 5.74) is -2.59. The summed E-state index contributed by atoms with van der Waals surface area (Å²) in [4.78, 5) is 17.6. The Morgan fingerprint density at radius 3 is 2.31 bits per heavy atom. The zero-order chi connectivity index (χ0) is 26.3. The van der Waals surface area contributed by atoms with Crippen molar-refractivity contribution in [3.05, 3.63) is 68.4 Å². The van der Waals surface area contributed by atoms with Gasteiger partial charge in [0.05, 0.1) is 25.5 Å². The van der Waals surface area contributed by atoms with E-state index < -0.39 is 55.3 Å². The van der Waals surface area contributed by atoms with E-state index in [-0.39, 0.29) is 27.8 Å². The largest absolute Gasteiger partial charge is 0.435 e. The van der Waals surface area contributed by atoms with E-state index in [1.54, 1.807) is 27.7 Å². The van der Waals surface area contributed by atoms with E-state index in [9.17, 15) is 26.6 Å². The van der Waals surface area contributed by atoms with Gasteiger partial charge in [-0.05, 0) is 42.3 Å². The second-order valence-electron chi connectivity index (χ2n) is 8.34. The fourth-order valence-electron chi connectivity index (χ4n) is 3.62. The third-order valence-corrected chi connectivity index (χ3v) is 9.14. The van der Waals surface area contributed by atoms with Crippen molar-refractivity contribution < 1.29 is 31.4 Å². The number of hydrogen-bond donors (Lipinski definition) is 0. The van der Waals surface area contributed by atoms with Crippen molar-refractivity contribution in [1.82, 2.24) is 0 Å². The standard InChI is InChI=1S/C23H22Cl2F4N2O3S/c1-5-35(33,12(2)3)31-21(32)16-7-6-14(8-13(16)4)19-11-22(34-30-19,23(27,28)29)15-9-17(24)20(26)18(25)10-15/h6-10,12H,5,11H2,1-4H3. The first-order valence-electron chi connectivity index (χ1n) is 10.5. The minimum Gasteiger partial charge on any atom is -0.374 e. The van der Waals surface area contributed by atoms with E-state index in [0.717, 1.165) is 12.1 Å². The predicted octanol–water partition coefficient (Wildman–Crippen LogP) is 7.06. The van der Waals surface area contributed by atoms with E-state index in [1.165, 1.54) is 18.2 Å². The normalized spacial score (nSPS) is 19.8. The van der Waals surface area contributed by atoms with Crippen molar-refractivity contribution in [2.45, 2.75) is 51.1 Å². The topological polar surface area (TPSA) is 68.1 Å². The van der Waals surface area contributed by atoms with Crippen molar-refractivity contribution in [2.24, 2.45) is 9.52 Å². The molecule has 0 saturated heterocycles. The molecule has 0 aliphatic carbocycles. The molecule has 190 valence electrons. The third-order valence-electron chi connectivity index (χ3n) is 5.81. The number of carbonyl (C=O) groups excluding carboxylic acids is 1. The molecule has 0 spiro atoms. The summed E-state index contributed by atoms with van der Waals surface area (Å²) in [6, 6.07) is 5.91. The number of hydrogen-bond acceptors (Lipinski definition) is 4. The van der Waals surface area contributed by atoms with Gasteiger partial charge in [-0.1, -0.05) is 55.2 Å². The lowest BCUT2D eigenvalue weighted by Crippen LogP contribution is -2.42. The molecule has 2 aromatic carbocycles. The number of halogens is 6. The average molecular weight is 553 g/mol. The van der Waals surface area contributed by atoms with Gasteiger partial charge in [0.2, 0.25) is 0 Å². The Morgan fingerprint density at radius 2 is 1.83 bits per heavy atom. The molecular formula is C23H22Cl2F4N2O3S. The molecule has 12 heteroatoms. The van der Waals surface area contributed by atoms with Gasteiger partial charge in [-0.15, -0.1) is 0 Å². The molecule has 35 heavy (non-hydrogen) atoms. The van der Waals surface area contributed by atoms with E-state index in [1.807, 2.05) is 0 Å². The highest BCUT2D eigenvalue weighted by molar-refractivity contribution is 7.94. The van der Waals surface area contributed by atoms with Crippen LogP contribution in [0, 0.1) is 12.7 Å². The van der Waals surface area contributed by atoms with Crippen LogP contribution in [0.5, 0.6) is 0 Å². The second-order valence-corrected chi connectivity index (χ2v) is 12.2. The second kappa shape index (κ2) is 9.71. The maximum absolute atomic E-state index is 14.2. The van der Waals surface area contributed by atoms with Gasteiger partial charge < -0.3 is 4.84 Å². The van der Waals surface area contributed by atoms with E-state index in [2.05, 4.69) is 9.52 Å². The van der Waals surface area contributed by atoms with Crippen molar-refractivity contribution in [3.63, 3.8) is 0 Å². The number of amides is 1. The summed E-state index contributed by atoms with van der Waals surface area (Å²) < 4.78 is 73.2. The zero-order valence-corrected chi connectivity index (χ0v) is 21.5. The zero-order valence-electron chi connectivity index (χ0n) is 19.2. The van der Waals surface area contributed by atoms with Crippen LogP contribution in [-0.4, -0.2) is 33.0 Å². The van der Waals surface area contributed by atoms with Crippen LogP contribution >= 0.6 is 23.2 Å². The van der Waals surface area contributed by atoms with Crippen molar-refractivity contribution in [3.8, 4) is 0 Å². The van der Waals surface area contributed by atoms with Crippen LogP contribution in [0.25, 0.3) is 0 Å². The maximum Gasteiger partial charge on any atom is 0.435 e. The van der Waals surface area contributed by atoms with Gasteiger partial charge in [0, 0.05) is 28.6 Å². The molecule has 1 heterocycles. The Balaban J connectivity index is 1.98. The van der Waals surface area contributed by atoms with Crippen LogP contribution < -0.4 is 0 Å². The molecule has 1 aliphatic rings. The molecule has 5 nitrogen and oxygen atoms in total. The summed E-state index contributed by atoms with van der Waals surface area (Å²) in [7, 11) is -2.75. The predicted molar refractivity (Wildman–Crippen MR) is 128 cm³/mol. The smallest absolute Gasteiger partial charge is 0.374 e. The molecule has 3 rings (SSSR count). The number of carbonyl (C=O) groups is 1. The lowest BCUT2D eigenvalue weighted by molar-refractivity contribution is -0.275. The van der Waals surface area contributed by atoms with Gasteiger partial charge in [0.15, 0.2) is 5.82 Å². The quantitative estimate of drug-likeness (QED) is 0.294. The number of alkyl halides is 3. The van der Waals surface area contributed by atoms with E-state index in [4.69, 9.17) is 28.0 Å². The summed E-state index contributed by atoms with van der Waals surface area (Å²) in [6.07, 6.45) is -5.67. The molecular weight excluding hydrogens is 531 g/mol. The molecule has 1 amide bonds. The van der Waals surface area contributed by atoms with Crippen LogP contribution in [0.4, 0.5) is 17.6 Å². The van der Waals surface area contributed by atoms with Crippen LogP contribution in [0.3, 0.4) is 0 Å². The van der Waals surface area contributed by atoms with Crippen molar-refractivity contribution in [1.29, 1.82) is 0 Å². The Bertz CT molecular complexity index is 1310. The average Bonchev–Trinajstić information content (AvgIpc) is 3.23. The molecule has 2 atom stereocenters. The molecule has 2 aromatic rings. The molecule has 0 fully saturated rings. The summed E-state index contributed by atoms with van der Waals surface area (Å²) in [5.74, 6) is -1.50. The molecule has 0 aromatic heterocycles. The summed E-state index contributed by atoms with van der Waals surface area (Å²) in [6.45, 7) is 6.69. The van der Waals surface area contributed by atoms with Crippen LogP contribution in [-0.2, 0) is 20.2 Å². The molecule has 2 unspecified atom stereocenters. The number of rotatable bonds is 5. The fourth-order valence-corrected chi connectivity index (χ4v) is 5.50. The van der Waals surface area contributed by atoms with E-state index in [0.29, 0.717) is 5.56 Å². The first-order valence-corrected chi connectivity index (χ1v) is 13.0. The van der Waals surface area contributed by atoms with Crippen LogP contribution in [0.15, 0.2) is 39.9 Å². The number of nitrogens with zero attached hydrogens (tertiary/aromatic N) is 2. The number of oxime groups is 1. The van der Waals surface area contributed by atoms with Crippen molar-refractivity contribution >= 4 is 44.5 Å². The lowest BCUT2D eigenvalue weighted by Gasteiger charge is -2.29. The van der Waals surface area contributed by atoms with Gasteiger partial charge in [0.25, 0.3) is 11.5 Å². The minimum atomic E-state index is -4.94. The molecule has 0 saturated carbocycles. The number of aryl methyl sites for hydroxylation is 1. The Morgan fingerprint density at radius 1 is 1.23 bits per heavy atom. The lowest BCUT2D eigenvalue weighted by atomic mass is 9.86. The van der Waals surface area contributed by atoms with Gasteiger partial charge in [-0.3, -0.25) is 4.79 Å². The minimum absolute atomic E-state index is 0.0440. The Hall–Kier alpha value is -2.17. The fraction of sp³-hybridized carbons (Fsp3) is 0.391. The molecule has 0 radical (unpaired) electrons. The van der Waals surface area contributed by atoms with Gasteiger partial charge in [0.1, 0.15) is 0 Å². The molecule has 0 N–H and O–H groups in total. The highest BCUT2D eigenvalue weighted by Crippen LogP contribution is 2.50. The Labute approximate surface area is 210 Å². The highest BCUT2D eigenvalue weighted by atomic mass is 35.5. The van der Waals surface area contributed by atoms with Crippen LogP contribution in [0.2, 0.25) is 10.0 Å². The SMILES string of the molecule is CCS(=O)(=NC(=O)c1ccc(C2=NOC(c3cc(Cl)c(F)c(Cl)c3)(C(F)(F)F)C2)cc1C)C(C)C. The Kier molecular flexibility index (Phi) is 7.60. The molecule has 0 bridgehead atoms. The van der Waals surface area contributed by atoms with Gasteiger partial charge in [-0.2, -0.15) is 17.5 Å². The van der Waals surface area contributed by atoms with Crippen LogP contribution in [0.1, 0.15) is 54.2 Å². The monoisotopic (exact) mass is 552 g/mol. The van der Waals surface area contributed by atoms with Gasteiger partial charge in [-0.25, -0.2) is 8.60 Å². The highest BCUT2D eigenvalue weighted by Gasteiger charge is 2.62. The third kappa shape index (κ3) is 5.06. The summed E-state index contributed by atoms with van der Waals surface area (Å²) in [5, 5.41) is 2.16. The van der Waals surface area contributed by atoms with Crippen molar-refractivity contribution in [2.75, 3.05) is 5.75 Å². The number of benzene rings is 2. The van der Waals surface area contributed by atoms with Gasteiger partial charge >= 0.3 is 6.18 Å². The van der Waals surface area contributed by atoms with E-state index >= 15 is 0 Å².